The smallest absolute Gasteiger partial charge is 0.122 e. The molecular weight excluding hydrogens is 246 g/mol. The molecule has 1 aromatic carbocycles. The van der Waals surface area contributed by atoms with E-state index in [0.29, 0.717) is 17.6 Å². The van der Waals surface area contributed by atoms with Gasteiger partial charge in [-0.25, -0.2) is 0 Å². The second-order valence-corrected chi connectivity index (χ2v) is 6.09. The summed E-state index contributed by atoms with van der Waals surface area (Å²) in [6.07, 6.45) is 3.83. The van der Waals surface area contributed by atoms with Crippen LogP contribution in [0.4, 0.5) is 0 Å². The van der Waals surface area contributed by atoms with Gasteiger partial charge in [0.2, 0.25) is 0 Å². The molecule has 1 aliphatic rings. The third-order valence-corrected chi connectivity index (χ3v) is 5.38. The molecule has 0 spiro atoms. The third-order valence-electron chi connectivity index (χ3n) is 5.38. The topological polar surface area (TPSA) is 21.3 Å². The minimum atomic E-state index is 0.298. The van der Waals surface area contributed by atoms with Gasteiger partial charge >= 0.3 is 0 Å². The van der Waals surface area contributed by atoms with E-state index in [1.54, 1.807) is 0 Å². The van der Waals surface area contributed by atoms with Crippen LogP contribution in [0.1, 0.15) is 51.2 Å². The SMILES string of the molecule is CCNC1CC(Oc2cccc(C)c2C)C1(CC)CC. The van der Waals surface area contributed by atoms with Crippen LogP contribution in [0.15, 0.2) is 18.2 Å². The van der Waals surface area contributed by atoms with Crippen molar-refractivity contribution in [1.82, 2.24) is 5.32 Å². The second kappa shape index (κ2) is 6.17. The number of benzene rings is 1. The minimum Gasteiger partial charge on any atom is -0.489 e. The van der Waals surface area contributed by atoms with Crippen LogP contribution in [-0.4, -0.2) is 18.7 Å². The summed E-state index contributed by atoms with van der Waals surface area (Å²) in [4.78, 5) is 0. The molecule has 0 heterocycles. The highest BCUT2D eigenvalue weighted by molar-refractivity contribution is 5.38. The predicted octanol–water partition coefficient (Wildman–Crippen LogP) is 4.24. The molecule has 1 saturated carbocycles. The van der Waals surface area contributed by atoms with Gasteiger partial charge in [0.25, 0.3) is 0 Å². The van der Waals surface area contributed by atoms with Crippen LogP contribution in [-0.2, 0) is 0 Å². The van der Waals surface area contributed by atoms with Gasteiger partial charge in [-0.1, -0.05) is 32.9 Å². The summed E-state index contributed by atoms with van der Waals surface area (Å²) in [5.41, 5.74) is 2.88. The molecule has 0 amide bonds. The lowest BCUT2D eigenvalue weighted by atomic mass is 9.58. The number of hydrogen-bond acceptors (Lipinski definition) is 2. The van der Waals surface area contributed by atoms with Crippen molar-refractivity contribution in [1.29, 1.82) is 0 Å². The van der Waals surface area contributed by atoms with Gasteiger partial charge in [0, 0.05) is 17.9 Å². The van der Waals surface area contributed by atoms with Crippen molar-refractivity contribution in [2.45, 2.75) is 66.0 Å². The maximum Gasteiger partial charge on any atom is 0.122 e. The number of hydrogen-bond donors (Lipinski definition) is 1. The first-order chi connectivity index (χ1) is 9.58. The van der Waals surface area contributed by atoms with E-state index in [-0.39, 0.29) is 0 Å². The van der Waals surface area contributed by atoms with Gasteiger partial charge in [-0.15, -0.1) is 0 Å². The summed E-state index contributed by atoms with van der Waals surface area (Å²) in [7, 11) is 0. The Hall–Kier alpha value is -1.02. The molecule has 112 valence electrons. The number of ether oxygens (including phenoxy) is 1. The van der Waals surface area contributed by atoms with E-state index in [2.05, 4.69) is 58.1 Å². The molecule has 0 saturated heterocycles. The molecule has 1 N–H and O–H groups in total. The molecular formula is C18H29NO. The summed E-state index contributed by atoms with van der Waals surface area (Å²) in [5.74, 6) is 1.07. The van der Waals surface area contributed by atoms with Gasteiger partial charge in [0.1, 0.15) is 11.9 Å². The van der Waals surface area contributed by atoms with Gasteiger partial charge in [-0.3, -0.25) is 0 Å². The lowest BCUT2D eigenvalue weighted by molar-refractivity contribution is -0.0857. The van der Waals surface area contributed by atoms with Crippen LogP contribution in [0, 0.1) is 19.3 Å². The second-order valence-electron chi connectivity index (χ2n) is 6.09. The zero-order valence-corrected chi connectivity index (χ0v) is 13.6. The maximum atomic E-state index is 6.40. The van der Waals surface area contributed by atoms with E-state index in [9.17, 15) is 0 Å². The average Bonchev–Trinajstić information content (AvgIpc) is 2.44. The molecule has 0 aliphatic heterocycles. The van der Waals surface area contributed by atoms with Gasteiger partial charge in [-0.2, -0.15) is 0 Å². The standard InChI is InChI=1S/C18H29NO/c1-6-18(7-2)16(19-8-3)12-17(18)20-15-11-9-10-13(4)14(15)5/h9-11,16-17,19H,6-8,12H2,1-5H3. The summed E-state index contributed by atoms with van der Waals surface area (Å²) < 4.78 is 6.40. The first-order valence-electron chi connectivity index (χ1n) is 8.05. The normalized spacial score (nSPS) is 24.2. The van der Waals surface area contributed by atoms with Crippen LogP contribution >= 0.6 is 0 Å². The van der Waals surface area contributed by atoms with Gasteiger partial charge < -0.3 is 10.1 Å². The molecule has 20 heavy (non-hydrogen) atoms. The van der Waals surface area contributed by atoms with E-state index >= 15 is 0 Å². The maximum absolute atomic E-state index is 6.40. The fraction of sp³-hybridized carbons (Fsp3) is 0.667. The van der Waals surface area contributed by atoms with Crippen molar-refractivity contribution in [3.05, 3.63) is 29.3 Å². The van der Waals surface area contributed by atoms with Crippen LogP contribution < -0.4 is 10.1 Å². The summed E-state index contributed by atoms with van der Waals surface area (Å²) in [5, 5.41) is 3.64. The highest BCUT2D eigenvalue weighted by Crippen LogP contribution is 2.49. The van der Waals surface area contributed by atoms with Crippen LogP contribution in [0.25, 0.3) is 0 Å². The van der Waals surface area contributed by atoms with Crippen LogP contribution in [0.2, 0.25) is 0 Å². The summed E-state index contributed by atoms with van der Waals surface area (Å²) in [6, 6.07) is 6.96. The fourth-order valence-corrected chi connectivity index (χ4v) is 3.65. The first-order valence-corrected chi connectivity index (χ1v) is 8.05. The molecule has 2 rings (SSSR count). The predicted molar refractivity (Wildman–Crippen MR) is 85.4 cm³/mol. The lowest BCUT2D eigenvalue weighted by Gasteiger charge is -2.55. The molecule has 2 heteroatoms. The van der Waals surface area contributed by atoms with Crippen LogP contribution in [0.3, 0.4) is 0 Å². The molecule has 1 aromatic rings. The zero-order valence-electron chi connectivity index (χ0n) is 13.6. The van der Waals surface area contributed by atoms with Crippen molar-refractivity contribution in [3.63, 3.8) is 0 Å². The zero-order chi connectivity index (χ0) is 14.8. The summed E-state index contributed by atoms with van der Waals surface area (Å²) in [6.45, 7) is 12.1. The average molecular weight is 275 g/mol. The van der Waals surface area contributed by atoms with Gasteiger partial charge in [-0.05, 0) is 50.4 Å². The largest absolute Gasteiger partial charge is 0.489 e. The fourth-order valence-electron chi connectivity index (χ4n) is 3.65. The molecule has 2 unspecified atom stereocenters. The number of rotatable bonds is 6. The Morgan fingerprint density at radius 2 is 1.90 bits per heavy atom. The molecule has 2 atom stereocenters. The minimum absolute atomic E-state index is 0.298. The monoisotopic (exact) mass is 275 g/mol. The van der Waals surface area contributed by atoms with E-state index in [1.807, 2.05) is 0 Å². The summed E-state index contributed by atoms with van der Waals surface area (Å²) >= 11 is 0. The first kappa shape index (κ1) is 15.4. The Kier molecular flexibility index (Phi) is 4.74. The molecule has 0 bridgehead atoms. The lowest BCUT2D eigenvalue weighted by Crippen LogP contribution is -2.64. The number of aryl methyl sites for hydroxylation is 1. The Bertz CT molecular complexity index is 451. The van der Waals surface area contributed by atoms with Crippen molar-refractivity contribution in [3.8, 4) is 5.75 Å². The third kappa shape index (κ3) is 2.46. The van der Waals surface area contributed by atoms with E-state index < -0.39 is 0 Å². The van der Waals surface area contributed by atoms with Gasteiger partial charge in [0.05, 0.1) is 0 Å². The molecule has 1 fully saturated rings. The molecule has 0 radical (unpaired) electrons. The Balaban J connectivity index is 2.15. The molecule has 0 aromatic heterocycles. The van der Waals surface area contributed by atoms with Gasteiger partial charge in [0.15, 0.2) is 0 Å². The Labute approximate surface area is 123 Å². The van der Waals surface area contributed by atoms with Crippen molar-refractivity contribution in [2.24, 2.45) is 5.41 Å². The number of nitrogens with one attached hydrogen (secondary N) is 1. The van der Waals surface area contributed by atoms with E-state index in [0.717, 1.165) is 18.7 Å². The van der Waals surface area contributed by atoms with E-state index in [1.165, 1.54) is 24.0 Å². The highest BCUT2D eigenvalue weighted by atomic mass is 16.5. The van der Waals surface area contributed by atoms with Crippen molar-refractivity contribution in [2.75, 3.05) is 6.54 Å². The highest BCUT2D eigenvalue weighted by Gasteiger charge is 2.53. The van der Waals surface area contributed by atoms with Crippen molar-refractivity contribution < 1.29 is 4.74 Å². The Morgan fingerprint density at radius 3 is 2.50 bits per heavy atom. The molecule has 1 aliphatic carbocycles. The molecule has 2 nitrogen and oxygen atoms in total. The van der Waals surface area contributed by atoms with E-state index in [4.69, 9.17) is 4.74 Å². The quantitative estimate of drug-likeness (QED) is 0.838. The Morgan fingerprint density at radius 1 is 1.20 bits per heavy atom. The van der Waals surface area contributed by atoms with Crippen LogP contribution in [0.5, 0.6) is 5.75 Å². The van der Waals surface area contributed by atoms with Crippen molar-refractivity contribution >= 4 is 0 Å².